The van der Waals surface area contributed by atoms with Gasteiger partial charge in [0.2, 0.25) is 0 Å². The average Bonchev–Trinajstić information content (AvgIpc) is 2.58. The van der Waals surface area contributed by atoms with Crippen molar-refractivity contribution in [2.24, 2.45) is 0 Å². The normalized spacial score (nSPS) is 17.5. The summed E-state index contributed by atoms with van der Waals surface area (Å²) in [4.78, 5) is 16.2. The van der Waals surface area contributed by atoms with Crippen LogP contribution in [0.5, 0.6) is 0 Å². The Balaban J connectivity index is 1.57. The quantitative estimate of drug-likeness (QED) is 0.813. The lowest BCUT2D eigenvalue weighted by Gasteiger charge is -2.23. The Hall–Kier alpha value is -2.51. The van der Waals surface area contributed by atoms with Crippen molar-refractivity contribution in [3.8, 4) is 0 Å². The van der Waals surface area contributed by atoms with Gasteiger partial charge in [0.25, 0.3) is 0 Å². The lowest BCUT2D eigenvalue weighted by molar-refractivity contribution is 0.0250. The summed E-state index contributed by atoms with van der Waals surface area (Å²) in [6.07, 6.45) is 1.52. The molecule has 120 valence electrons. The highest BCUT2D eigenvalue weighted by Gasteiger charge is 2.16. The monoisotopic (exact) mass is 316 g/mol. The summed E-state index contributed by atoms with van der Waals surface area (Å²) in [6.45, 7) is 2.23. The Kier molecular flexibility index (Phi) is 4.80. The van der Waals surface area contributed by atoms with Crippen LogP contribution in [0.15, 0.2) is 42.6 Å². The Bertz CT molecular complexity index is 655. The minimum absolute atomic E-state index is 0.0640. The van der Waals surface area contributed by atoms with E-state index in [9.17, 15) is 9.18 Å². The van der Waals surface area contributed by atoms with E-state index in [1.165, 1.54) is 24.3 Å². The first-order valence-electron chi connectivity index (χ1n) is 7.32. The summed E-state index contributed by atoms with van der Waals surface area (Å²) in [5, 5.41) is 8.53. The van der Waals surface area contributed by atoms with Crippen LogP contribution < -0.4 is 16.0 Å². The molecule has 6 nitrogen and oxygen atoms in total. The van der Waals surface area contributed by atoms with Crippen LogP contribution in [0.2, 0.25) is 0 Å². The highest BCUT2D eigenvalue weighted by atomic mass is 19.1. The summed E-state index contributed by atoms with van der Waals surface area (Å²) in [7, 11) is 0. The second-order valence-corrected chi connectivity index (χ2v) is 5.12. The second kappa shape index (κ2) is 7.17. The first kappa shape index (κ1) is 15.4. The van der Waals surface area contributed by atoms with Crippen molar-refractivity contribution in [3.05, 3.63) is 54.1 Å². The molecule has 2 amide bonds. The third-order valence-corrected chi connectivity index (χ3v) is 3.40. The maximum absolute atomic E-state index is 12.8. The molecule has 7 heteroatoms. The van der Waals surface area contributed by atoms with E-state index in [-0.39, 0.29) is 11.9 Å². The highest BCUT2D eigenvalue weighted by molar-refractivity contribution is 5.99. The van der Waals surface area contributed by atoms with E-state index in [0.29, 0.717) is 18.0 Å². The Morgan fingerprint density at radius 2 is 1.91 bits per heavy atom. The Labute approximate surface area is 133 Å². The topological polar surface area (TPSA) is 75.3 Å². The number of halogens is 1. The molecule has 2 heterocycles. The SMILES string of the molecule is O=C(Nc1ccc(F)cc1)Nc1ccc([C@@H]2CNCCO2)nc1. The highest BCUT2D eigenvalue weighted by Crippen LogP contribution is 2.18. The van der Waals surface area contributed by atoms with Crippen LogP contribution in [0.1, 0.15) is 11.8 Å². The van der Waals surface area contributed by atoms with Crippen LogP contribution in [0, 0.1) is 5.82 Å². The van der Waals surface area contributed by atoms with Crippen LogP contribution in [0.4, 0.5) is 20.6 Å². The van der Waals surface area contributed by atoms with E-state index < -0.39 is 6.03 Å². The molecule has 23 heavy (non-hydrogen) atoms. The van der Waals surface area contributed by atoms with Crippen LogP contribution in [-0.2, 0) is 4.74 Å². The zero-order valence-electron chi connectivity index (χ0n) is 12.4. The van der Waals surface area contributed by atoms with Crippen molar-refractivity contribution in [1.82, 2.24) is 10.3 Å². The van der Waals surface area contributed by atoms with Crippen molar-refractivity contribution in [2.75, 3.05) is 30.3 Å². The van der Waals surface area contributed by atoms with Crippen LogP contribution in [0.25, 0.3) is 0 Å². The molecular weight excluding hydrogens is 299 g/mol. The van der Waals surface area contributed by atoms with Gasteiger partial charge in [0.1, 0.15) is 11.9 Å². The van der Waals surface area contributed by atoms with Gasteiger partial charge in [-0.25, -0.2) is 9.18 Å². The molecule has 2 aromatic rings. The Morgan fingerprint density at radius 1 is 1.17 bits per heavy atom. The number of carbonyl (C=O) groups excluding carboxylic acids is 1. The van der Waals surface area contributed by atoms with Gasteiger partial charge in [0.05, 0.1) is 24.2 Å². The number of urea groups is 1. The minimum atomic E-state index is -0.415. The zero-order chi connectivity index (χ0) is 16.1. The maximum Gasteiger partial charge on any atom is 0.323 e. The molecule has 1 aromatic heterocycles. The molecular formula is C16H17FN4O2. The summed E-state index contributed by atoms with van der Waals surface area (Å²) in [5.41, 5.74) is 1.90. The number of pyridine rings is 1. The van der Waals surface area contributed by atoms with Crippen molar-refractivity contribution in [3.63, 3.8) is 0 Å². The first-order valence-corrected chi connectivity index (χ1v) is 7.32. The van der Waals surface area contributed by atoms with E-state index >= 15 is 0 Å². The van der Waals surface area contributed by atoms with Gasteiger partial charge in [-0.2, -0.15) is 0 Å². The molecule has 1 aromatic carbocycles. The van der Waals surface area contributed by atoms with Crippen LogP contribution in [0.3, 0.4) is 0 Å². The number of rotatable bonds is 3. The van der Waals surface area contributed by atoms with E-state index in [1.54, 1.807) is 12.3 Å². The third kappa shape index (κ3) is 4.24. The predicted octanol–water partition coefficient (Wildman–Crippen LogP) is 2.53. The number of ether oxygens (including phenoxy) is 1. The Morgan fingerprint density at radius 3 is 2.57 bits per heavy atom. The molecule has 0 aliphatic carbocycles. The van der Waals surface area contributed by atoms with Crippen molar-refractivity contribution < 1.29 is 13.9 Å². The smallest absolute Gasteiger partial charge is 0.323 e. The number of nitrogens with zero attached hydrogens (tertiary/aromatic N) is 1. The van der Waals surface area contributed by atoms with Gasteiger partial charge < -0.3 is 20.7 Å². The molecule has 0 spiro atoms. The van der Waals surface area contributed by atoms with Crippen molar-refractivity contribution >= 4 is 17.4 Å². The largest absolute Gasteiger partial charge is 0.369 e. The average molecular weight is 316 g/mol. The molecule has 0 unspecified atom stereocenters. The van der Waals surface area contributed by atoms with Gasteiger partial charge in [0.15, 0.2) is 0 Å². The molecule has 0 radical (unpaired) electrons. The molecule has 1 saturated heterocycles. The summed E-state index contributed by atoms with van der Waals surface area (Å²) >= 11 is 0. The van der Waals surface area contributed by atoms with Gasteiger partial charge in [-0.15, -0.1) is 0 Å². The van der Waals surface area contributed by atoms with Crippen molar-refractivity contribution in [1.29, 1.82) is 0 Å². The zero-order valence-corrected chi connectivity index (χ0v) is 12.4. The number of aromatic nitrogens is 1. The van der Waals surface area contributed by atoms with E-state index in [0.717, 1.165) is 18.8 Å². The van der Waals surface area contributed by atoms with Crippen LogP contribution in [-0.4, -0.2) is 30.7 Å². The molecule has 0 saturated carbocycles. The summed E-state index contributed by atoms with van der Waals surface area (Å²) in [6, 6.07) is 8.72. The van der Waals surface area contributed by atoms with Gasteiger partial charge in [0, 0.05) is 18.8 Å². The molecule has 1 aliphatic heterocycles. The van der Waals surface area contributed by atoms with E-state index in [4.69, 9.17) is 4.74 Å². The summed E-state index contributed by atoms with van der Waals surface area (Å²) < 4.78 is 18.4. The number of anilines is 2. The molecule has 1 atom stereocenters. The summed E-state index contributed by atoms with van der Waals surface area (Å²) in [5.74, 6) is -0.352. The van der Waals surface area contributed by atoms with E-state index in [1.807, 2.05) is 6.07 Å². The molecule has 1 fully saturated rings. The number of morpholine rings is 1. The number of hydrogen-bond acceptors (Lipinski definition) is 4. The first-order chi connectivity index (χ1) is 11.2. The fourth-order valence-corrected chi connectivity index (χ4v) is 2.25. The molecule has 3 rings (SSSR count). The molecule has 3 N–H and O–H groups in total. The number of nitrogens with one attached hydrogen (secondary N) is 3. The molecule has 1 aliphatic rings. The van der Waals surface area contributed by atoms with Gasteiger partial charge >= 0.3 is 6.03 Å². The van der Waals surface area contributed by atoms with Gasteiger partial charge in [-0.3, -0.25) is 4.98 Å². The fourth-order valence-electron chi connectivity index (χ4n) is 2.25. The molecule has 0 bridgehead atoms. The minimum Gasteiger partial charge on any atom is -0.369 e. The van der Waals surface area contributed by atoms with E-state index in [2.05, 4.69) is 20.9 Å². The third-order valence-electron chi connectivity index (χ3n) is 3.40. The fraction of sp³-hybridized carbons (Fsp3) is 0.250. The number of hydrogen-bond donors (Lipinski definition) is 3. The number of benzene rings is 1. The van der Waals surface area contributed by atoms with Crippen LogP contribution >= 0.6 is 0 Å². The second-order valence-electron chi connectivity index (χ2n) is 5.12. The lowest BCUT2D eigenvalue weighted by atomic mass is 10.2. The maximum atomic E-state index is 12.8. The lowest BCUT2D eigenvalue weighted by Crippen LogP contribution is -2.33. The van der Waals surface area contributed by atoms with Gasteiger partial charge in [-0.1, -0.05) is 0 Å². The predicted molar refractivity (Wildman–Crippen MR) is 84.8 cm³/mol. The van der Waals surface area contributed by atoms with Gasteiger partial charge in [-0.05, 0) is 36.4 Å². The standard InChI is InChI=1S/C16H17FN4O2/c17-11-1-3-12(4-2-11)20-16(22)21-13-5-6-14(19-9-13)15-10-18-7-8-23-15/h1-6,9,15,18H,7-8,10H2,(H2,20,21,22)/t15-/m0/s1. The van der Waals surface area contributed by atoms with Crippen molar-refractivity contribution in [2.45, 2.75) is 6.10 Å². The number of amides is 2. The number of carbonyl (C=O) groups is 1.